The van der Waals surface area contributed by atoms with Crippen LogP contribution in [-0.4, -0.2) is 29.5 Å². The summed E-state index contributed by atoms with van der Waals surface area (Å²) in [5.74, 6) is 0.716. The zero-order chi connectivity index (χ0) is 24.9. The van der Waals surface area contributed by atoms with E-state index in [0.717, 1.165) is 33.3 Å². The Morgan fingerprint density at radius 2 is 1.47 bits per heavy atom. The fourth-order valence-corrected chi connectivity index (χ4v) is 4.03. The SMILES string of the molecule is COc1ccc(-c2cc(-c3ccc(Cl)cc3)nc(NC(=O)CNc3cccc4ccccc34)n2)cc1. The number of benzene rings is 4. The number of carbonyl (C=O) groups excluding carboxylic acids is 1. The van der Waals surface area contributed by atoms with Gasteiger partial charge in [0.05, 0.1) is 25.0 Å². The van der Waals surface area contributed by atoms with Crippen molar-refractivity contribution in [1.29, 1.82) is 0 Å². The van der Waals surface area contributed by atoms with Crippen molar-refractivity contribution in [3.8, 4) is 28.3 Å². The van der Waals surface area contributed by atoms with Gasteiger partial charge in [-0.25, -0.2) is 9.97 Å². The van der Waals surface area contributed by atoms with Crippen molar-refractivity contribution in [2.24, 2.45) is 0 Å². The van der Waals surface area contributed by atoms with Gasteiger partial charge < -0.3 is 10.1 Å². The van der Waals surface area contributed by atoms with Crippen LogP contribution in [0.25, 0.3) is 33.3 Å². The molecule has 1 aromatic heterocycles. The number of fused-ring (bicyclic) bond motifs is 1. The predicted molar refractivity (Wildman–Crippen MR) is 146 cm³/mol. The van der Waals surface area contributed by atoms with Gasteiger partial charge in [0.15, 0.2) is 0 Å². The molecule has 0 atom stereocenters. The number of aromatic nitrogens is 2. The van der Waals surface area contributed by atoms with Gasteiger partial charge in [0, 0.05) is 27.2 Å². The Hall–Kier alpha value is -4.42. The second-order valence-corrected chi connectivity index (χ2v) is 8.56. The molecule has 5 rings (SSSR count). The zero-order valence-electron chi connectivity index (χ0n) is 19.5. The number of hydrogen-bond acceptors (Lipinski definition) is 5. The quantitative estimate of drug-likeness (QED) is 0.264. The van der Waals surface area contributed by atoms with Crippen molar-refractivity contribution >= 4 is 39.9 Å². The highest BCUT2D eigenvalue weighted by Gasteiger charge is 2.12. The monoisotopic (exact) mass is 494 g/mol. The summed E-state index contributed by atoms with van der Waals surface area (Å²) < 4.78 is 5.27. The Balaban J connectivity index is 1.41. The van der Waals surface area contributed by atoms with E-state index in [1.165, 1.54) is 0 Å². The third kappa shape index (κ3) is 5.29. The molecule has 2 N–H and O–H groups in total. The summed E-state index contributed by atoms with van der Waals surface area (Å²) >= 11 is 6.07. The molecule has 5 aromatic rings. The van der Waals surface area contributed by atoms with Crippen LogP contribution in [0.1, 0.15) is 0 Å². The van der Waals surface area contributed by atoms with Gasteiger partial charge in [-0.15, -0.1) is 0 Å². The largest absolute Gasteiger partial charge is 0.497 e. The van der Waals surface area contributed by atoms with Gasteiger partial charge >= 0.3 is 0 Å². The lowest BCUT2D eigenvalue weighted by molar-refractivity contribution is -0.114. The molecule has 0 aliphatic carbocycles. The van der Waals surface area contributed by atoms with Gasteiger partial charge in [0.2, 0.25) is 11.9 Å². The second-order valence-electron chi connectivity index (χ2n) is 8.13. The number of hydrogen-bond donors (Lipinski definition) is 2. The number of ether oxygens (including phenoxy) is 1. The molecule has 6 nitrogen and oxygen atoms in total. The van der Waals surface area contributed by atoms with E-state index in [-0.39, 0.29) is 18.4 Å². The Morgan fingerprint density at radius 1 is 0.833 bits per heavy atom. The van der Waals surface area contributed by atoms with Crippen molar-refractivity contribution in [3.05, 3.63) is 102 Å². The van der Waals surface area contributed by atoms with Gasteiger partial charge in [-0.3, -0.25) is 10.1 Å². The number of rotatable bonds is 7. The minimum absolute atomic E-state index is 0.0699. The van der Waals surface area contributed by atoms with Crippen molar-refractivity contribution in [2.45, 2.75) is 0 Å². The first-order valence-corrected chi connectivity index (χ1v) is 11.8. The lowest BCUT2D eigenvalue weighted by atomic mass is 10.1. The molecule has 1 amide bonds. The van der Waals surface area contributed by atoms with E-state index in [4.69, 9.17) is 16.3 Å². The minimum Gasteiger partial charge on any atom is -0.497 e. The number of methoxy groups -OCH3 is 1. The lowest BCUT2D eigenvalue weighted by Gasteiger charge is -2.12. The summed E-state index contributed by atoms with van der Waals surface area (Å²) in [6, 6.07) is 30.8. The number of carbonyl (C=O) groups is 1. The Morgan fingerprint density at radius 3 is 2.17 bits per heavy atom. The first kappa shape index (κ1) is 23.3. The molecular formula is C29H23ClN4O2. The summed E-state index contributed by atoms with van der Waals surface area (Å²) in [4.78, 5) is 22.1. The summed E-state index contributed by atoms with van der Waals surface area (Å²) in [5, 5.41) is 8.85. The molecule has 0 unspecified atom stereocenters. The van der Waals surface area contributed by atoms with Crippen LogP contribution < -0.4 is 15.4 Å². The fourth-order valence-electron chi connectivity index (χ4n) is 3.91. The van der Waals surface area contributed by atoms with E-state index in [0.29, 0.717) is 16.4 Å². The number of nitrogens with zero attached hydrogens (tertiary/aromatic N) is 2. The smallest absolute Gasteiger partial charge is 0.246 e. The summed E-state index contributed by atoms with van der Waals surface area (Å²) in [6.07, 6.45) is 0. The van der Waals surface area contributed by atoms with Crippen molar-refractivity contribution in [3.63, 3.8) is 0 Å². The van der Waals surface area contributed by atoms with Crippen molar-refractivity contribution in [2.75, 3.05) is 24.3 Å². The highest BCUT2D eigenvalue weighted by molar-refractivity contribution is 6.30. The van der Waals surface area contributed by atoms with Crippen LogP contribution in [0.4, 0.5) is 11.6 Å². The van der Waals surface area contributed by atoms with Crippen LogP contribution in [0.15, 0.2) is 97.1 Å². The van der Waals surface area contributed by atoms with Gasteiger partial charge in [-0.05, 0) is 53.9 Å². The lowest BCUT2D eigenvalue weighted by Crippen LogP contribution is -2.23. The number of halogens is 1. The number of amides is 1. The van der Waals surface area contributed by atoms with Gasteiger partial charge in [0.1, 0.15) is 5.75 Å². The van der Waals surface area contributed by atoms with Crippen LogP contribution in [0.5, 0.6) is 5.75 Å². The summed E-state index contributed by atoms with van der Waals surface area (Å²) in [5.41, 5.74) is 3.97. The first-order chi connectivity index (χ1) is 17.6. The summed E-state index contributed by atoms with van der Waals surface area (Å²) in [6.45, 7) is 0.0699. The highest BCUT2D eigenvalue weighted by Crippen LogP contribution is 2.28. The summed E-state index contributed by atoms with van der Waals surface area (Å²) in [7, 11) is 1.62. The van der Waals surface area contributed by atoms with E-state index in [9.17, 15) is 4.79 Å². The molecule has 0 aliphatic rings. The van der Waals surface area contributed by atoms with Crippen LogP contribution in [0, 0.1) is 0 Å². The van der Waals surface area contributed by atoms with E-state index in [1.807, 2.05) is 84.9 Å². The third-order valence-corrected chi connectivity index (χ3v) is 5.98. The zero-order valence-corrected chi connectivity index (χ0v) is 20.3. The Bertz CT molecular complexity index is 1510. The van der Waals surface area contributed by atoms with Crippen LogP contribution in [0.3, 0.4) is 0 Å². The molecule has 0 saturated heterocycles. The topological polar surface area (TPSA) is 76.1 Å². The van der Waals surface area contributed by atoms with E-state index < -0.39 is 0 Å². The maximum atomic E-state index is 12.9. The molecule has 7 heteroatoms. The van der Waals surface area contributed by atoms with Crippen molar-refractivity contribution < 1.29 is 9.53 Å². The molecule has 36 heavy (non-hydrogen) atoms. The van der Waals surface area contributed by atoms with E-state index >= 15 is 0 Å². The predicted octanol–water partition coefficient (Wildman–Crippen LogP) is 6.68. The minimum atomic E-state index is -0.253. The molecule has 0 radical (unpaired) electrons. The molecule has 0 fully saturated rings. The highest BCUT2D eigenvalue weighted by atomic mass is 35.5. The van der Waals surface area contributed by atoms with E-state index in [2.05, 4.69) is 20.6 Å². The molecule has 178 valence electrons. The second kappa shape index (κ2) is 10.5. The third-order valence-electron chi connectivity index (χ3n) is 5.73. The number of nitrogens with one attached hydrogen (secondary N) is 2. The fraction of sp³-hybridized carbons (Fsp3) is 0.0690. The van der Waals surface area contributed by atoms with Crippen molar-refractivity contribution in [1.82, 2.24) is 9.97 Å². The molecule has 4 aromatic carbocycles. The van der Waals surface area contributed by atoms with Gasteiger partial charge in [0.25, 0.3) is 0 Å². The Kier molecular flexibility index (Phi) is 6.78. The first-order valence-electron chi connectivity index (χ1n) is 11.4. The number of anilines is 2. The van der Waals surface area contributed by atoms with Crippen LogP contribution >= 0.6 is 11.6 Å². The molecule has 0 spiro atoms. The maximum Gasteiger partial charge on any atom is 0.246 e. The Labute approximate surface area is 213 Å². The standard InChI is InChI=1S/C29H23ClN4O2/c1-36-23-15-11-21(12-16-23)27-17-26(20-9-13-22(30)14-10-20)32-29(33-27)34-28(35)18-31-25-8-4-6-19-5-2-3-7-24(19)25/h2-17,31H,18H2,1H3,(H,32,33,34,35). The normalized spacial score (nSPS) is 10.7. The van der Waals surface area contributed by atoms with Crippen LogP contribution in [0.2, 0.25) is 5.02 Å². The van der Waals surface area contributed by atoms with Gasteiger partial charge in [-0.2, -0.15) is 0 Å². The van der Waals surface area contributed by atoms with Crippen LogP contribution in [-0.2, 0) is 4.79 Å². The maximum absolute atomic E-state index is 12.9. The molecule has 0 saturated carbocycles. The molecule has 1 heterocycles. The van der Waals surface area contributed by atoms with Gasteiger partial charge in [-0.1, -0.05) is 60.1 Å². The molecule has 0 aliphatic heterocycles. The molecular weight excluding hydrogens is 472 g/mol. The molecule has 0 bridgehead atoms. The van der Waals surface area contributed by atoms with E-state index in [1.54, 1.807) is 19.2 Å². The average Bonchev–Trinajstić information content (AvgIpc) is 2.92. The average molecular weight is 495 g/mol.